The molecule has 1 heterocycles. The molecule has 0 saturated carbocycles. The lowest BCUT2D eigenvalue weighted by Crippen LogP contribution is -2.35. The molecule has 116 valence electrons. The topological polar surface area (TPSA) is 70.4 Å². The summed E-state index contributed by atoms with van der Waals surface area (Å²) >= 11 is 0. The van der Waals surface area contributed by atoms with Gasteiger partial charge in [0.05, 0.1) is 11.4 Å². The number of carbonyl (C=O) groups is 1. The lowest BCUT2D eigenvalue weighted by atomic mass is 10.1. The van der Waals surface area contributed by atoms with Crippen LogP contribution in [0, 0.1) is 0 Å². The molecule has 21 heavy (non-hydrogen) atoms. The van der Waals surface area contributed by atoms with E-state index in [2.05, 4.69) is 22.5 Å². The Labute approximate surface area is 126 Å². The molecule has 1 aromatic rings. The zero-order valence-corrected chi connectivity index (χ0v) is 13.0. The minimum Gasteiger partial charge on any atom is -0.397 e. The van der Waals surface area contributed by atoms with Crippen LogP contribution in [0.25, 0.3) is 0 Å². The van der Waals surface area contributed by atoms with E-state index in [4.69, 9.17) is 5.73 Å². The third-order valence-electron chi connectivity index (χ3n) is 4.00. The molecular weight excluding hydrogens is 264 g/mol. The van der Waals surface area contributed by atoms with Crippen molar-refractivity contribution in [2.24, 2.45) is 0 Å². The van der Waals surface area contributed by atoms with Crippen molar-refractivity contribution in [1.29, 1.82) is 0 Å². The van der Waals surface area contributed by atoms with E-state index in [1.807, 2.05) is 13.0 Å². The molecule has 1 aliphatic heterocycles. The van der Waals surface area contributed by atoms with Crippen LogP contribution in [0.15, 0.2) is 18.2 Å². The molecule has 1 atom stereocenters. The Hall–Kier alpha value is -1.75. The lowest BCUT2D eigenvalue weighted by molar-refractivity contribution is 0.0956. The fraction of sp³-hybridized carbons (Fsp3) is 0.562. The number of nitrogens with two attached hydrogens (primary N) is 1. The van der Waals surface area contributed by atoms with Gasteiger partial charge < -0.3 is 16.4 Å². The maximum atomic E-state index is 11.9. The summed E-state index contributed by atoms with van der Waals surface area (Å²) in [7, 11) is 0. The summed E-state index contributed by atoms with van der Waals surface area (Å²) < 4.78 is 0. The van der Waals surface area contributed by atoms with Crippen molar-refractivity contribution in [3.8, 4) is 0 Å². The molecular formula is C16H26N4O. The van der Waals surface area contributed by atoms with Crippen LogP contribution >= 0.6 is 0 Å². The average Bonchev–Trinajstić information content (AvgIpc) is 3.00. The molecule has 4 N–H and O–H groups in total. The minimum atomic E-state index is -0.0619. The largest absolute Gasteiger partial charge is 0.397 e. The number of amides is 1. The average molecular weight is 290 g/mol. The Kier molecular flexibility index (Phi) is 5.44. The van der Waals surface area contributed by atoms with Gasteiger partial charge in [0.25, 0.3) is 5.91 Å². The van der Waals surface area contributed by atoms with Gasteiger partial charge in [-0.1, -0.05) is 0 Å². The number of nitrogen functional groups attached to an aromatic ring is 1. The van der Waals surface area contributed by atoms with Crippen LogP contribution in [0.4, 0.5) is 11.4 Å². The fourth-order valence-corrected chi connectivity index (χ4v) is 2.68. The van der Waals surface area contributed by atoms with Gasteiger partial charge in [0.2, 0.25) is 0 Å². The van der Waals surface area contributed by atoms with Crippen LogP contribution in [-0.2, 0) is 0 Å². The van der Waals surface area contributed by atoms with Crippen LogP contribution in [0.2, 0.25) is 0 Å². The quantitative estimate of drug-likeness (QED) is 0.700. The maximum absolute atomic E-state index is 11.9. The minimum absolute atomic E-state index is 0.0619. The van der Waals surface area contributed by atoms with Gasteiger partial charge in [-0.25, -0.2) is 0 Å². The van der Waals surface area contributed by atoms with Gasteiger partial charge in [0.1, 0.15) is 0 Å². The van der Waals surface area contributed by atoms with Crippen LogP contribution in [0.3, 0.4) is 0 Å². The van der Waals surface area contributed by atoms with E-state index >= 15 is 0 Å². The number of hydrogen-bond donors (Lipinski definition) is 3. The Morgan fingerprint density at radius 2 is 2.10 bits per heavy atom. The molecule has 1 saturated heterocycles. The highest BCUT2D eigenvalue weighted by molar-refractivity contribution is 5.96. The van der Waals surface area contributed by atoms with Crippen molar-refractivity contribution in [1.82, 2.24) is 10.2 Å². The van der Waals surface area contributed by atoms with Gasteiger partial charge in [0.15, 0.2) is 0 Å². The second kappa shape index (κ2) is 7.31. The number of likely N-dealkylation sites (tertiary alicyclic amines) is 1. The van der Waals surface area contributed by atoms with Gasteiger partial charge >= 0.3 is 0 Å². The molecule has 1 aliphatic rings. The Morgan fingerprint density at radius 1 is 1.38 bits per heavy atom. The normalized spacial score (nSPS) is 16.7. The number of hydrogen-bond acceptors (Lipinski definition) is 4. The predicted octanol–water partition coefficient (Wildman–Crippen LogP) is 1.91. The Bertz CT molecular complexity index is 483. The zero-order chi connectivity index (χ0) is 15.2. The number of nitrogens with zero attached hydrogens (tertiary/aromatic N) is 1. The van der Waals surface area contributed by atoms with E-state index in [0.717, 1.165) is 12.2 Å². The van der Waals surface area contributed by atoms with E-state index in [-0.39, 0.29) is 5.91 Å². The standard InChI is InChI=1S/C16H26N4O/c1-3-18-16(21)13-6-7-14(17)15(10-13)19-11-12(2)20-8-4-5-9-20/h6-7,10,12,19H,3-5,8-9,11,17H2,1-2H3,(H,18,21). The summed E-state index contributed by atoms with van der Waals surface area (Å²) in [5.74, 6) is -0.0619. The summed E-state index contributed by atoms with van der Waals surface area (Å²) in [5.41, 5.74) is 8.15. The van der Waals surface area contributed by atoms with Gasteiger partial charge in [-0.3, -0.25) is 9.69 Å². The van der Waals surface area contributed by atoms with Crippen molar-refractivity contribution in [2.45, 2.75) is 32.7 Å². The molecule has 0 spiro atoms. The van der Waals surface area contributed by atoms with Gasteiger partial charge in [-0.05, 0) is 58.0 Å². The molecule has 0 radical (unpaired) electrons. The first-order valence-corrected chi connectivity index (χ1v) is 7.77. The number of carbonyl (C=O) groups excluding carboxylic acids is 1. The second-order valence-electron chi connectivity index (χ2n) is 5.63. The monoisotopic (exact) mass is 290 g/mol. The molecule has 1 unspecified atom stereocenters. The second-order valence-corrected chi connectivity index (χ2v) is 5.63. The van der Waals surface area contributed by atoms with Crippen molar-refractivity contribution < 1.29 is 4.79 Å². The van der Waals surface area contributed by atoms with Crippen molar-refractivity contribution in [2.75, 3.05) is 37.2 Å². The van der Waals surface area contributed by atoms with Crippen LogP contribution < -0.4 is 16.4 Å². The third-order valence-corrected chi connectivity index (χ3v) is 4.00. The maximum Gasteiger partial charge on any atom is 0.251 e. The molecule has 0 bridgehead atoms. The first-order valence-electron chi connectivity index (χ1n) is 7.77. The van der Waals surface area contributed by atoms with E-state index < -0.39 is 0 Å². The van der Waals surface area contributed by atoms with Crippen molar-refractivity contribution >= 4 is 17.3 Å². The molecule has 0 aromatic heterocycles. The van der Waals surface area contributed by atoms with E-state index in [1.54, 1.807) is 12.1 Å². The van der Waals surface area contributed by atoms with Crippen LogP contribution in [-0.4, -0.2) is 43.0 Å². The van der Waals surface area contributed by atoms with Gasteiger partial charge in [-0.15, -0.1) is 0 Å². The summed E-state index contributed by atoms with van der Waals surface area (Å²) in [6, 6.07) is 5.85. The van der Waals surface area contributed by atoms with Gasteiger partial charge in [-0.2, -0.15) is 0 Å². The first-order chi connectivity index (χ1) is 10.1. The summed E-state index contributed by atoms with van der Waals surface area (Å²) in [5, 5.41) is 6.18. The first kappa shape index (κ1) is 15.6. The summed E-state index contributed by atoms with van der Waals surface area (Å²) in [6.07, 6.45) is 2.58. The highest BCUT2D eigenvalue weighted by Crippen LogP contribution is 2.21. The number of rotatable bonds is 6. The zero-order valence-electron chi connectivity index (χ0n) is 13.0. The SMILES string of the molecule is CCNC(=O)c1ccc(N)c(NCC(C)N2CCCC2)c1. The smallest absolute Gasteiger partial charge is 0.251 e. The summed E-state index contributed by atoms with van der Waals surface area (Å²) in [4.78, 5) is 14.4. The molecule has 1 amide bonds. The van der Waals surface area contributed by atoms with E-state index in [0.29, 0.717) is 23.8 Å². The summed E-state index contributed by atoms with van der Waals surface area (Å²) in [6.45, 7) is 7.95. The molecule has 1 fully saturated rings. The Balaban J connectivity index is 1.98. The molecule has 5 nitrogen and oxygen atoms in total. The van der Waals surface area contributed by atoms with Crippen molar-refractivity contribution in [3.05, 3.63) is 23.8 Å². The molecule has 1 aromatic carbocycles. The number of benzene rings is 1. The van der Waals surface area contributed by atoms with E-state index in [9.17, 15) is 4.79 Å². The number of nitrogens with one attached hydrogen (secondary N) is 2. The predicted molar refractivity (Wildman–Crippen MR) is 87.6 cm³/mol. The van der Waals surface area contributed by atoms with E-state index in [1.165, 1.54) is 25.9 Å². The van der Waals surface area contributed by atoms with Crippen LogP contribution in [0.5, 0.6) is 0 Å². The molecule has 2 rings (SSSR count). The van der Waals surface area contributed by atoms with Crippen LogP contribution in [0.1, 0.15) is 37.0 Å². The molecule has 0 aliphatic carbocycles. The Morgan fingerprint density at radius 3 is 2.76 bits per heavy atom. The third kappa shape index (κ3) is 4.11. The molecule has 5 heteroatoms. The van der Waals surface area contributed by atoms with Crippen molar-refractivity contribution in [3.63, 3.8) is 0 Å². The highest BCUT2D eigenvalue weighted by atomic mass is 16.1. The van der Waals surface area contributed by atoms with Gasteiger partial charge in [0, 0.05) is 24.7 Å². The number of anilines is 2. The fourth-order valence-electron chi connectivity index (χ4n) is 2.68. The lowest BCUT2D eigenvalue weighted by Gasteiger charge is -2.24. The highest BCUT2D eigenvalue weighted by Gasteiger charge is 2.18.